The van der Waals surface area contributed by atoms with Crippen molar-refractivity contribution in [2.45, 2.75) is 33.3 Å². The number of nitrogens with one attached hydrogen (secondary N) is 1. The van der Waals surface area contributed by atoms with Crippen LogP contribution in [0.3, 0.4) is 0 Å². The summed E-state index contributed by atoms with van der Waals surface area (Å²) < 4.78 is 5.68. The number of aromatic amines is 1. The zero-order chi connectivity index (χ0) is 14.2. The number of para-hydroxylation sites is 1. The van der Waals surface area contributed by atoms with Crippen LogP contribution in [0, 0.1) is 5.41 Å². The van der Waals surface area contributed by atoms with Crippen molar-refractivity contribution in [3.8, 4) is 5.75 Å². The van der Waals surface area contributed by atoms with Gasteiger partial charge < -0.3 is 4.74 Å². The Labute approximate surface area is 118 Å². The van der Waals surface area contributed by atoms with Gasteiger partial charge >= 0.3 is 0 Å². The molecule has 4 nitrogen and oxygen atoms in total. The lowest BCUT2D eigenvalue weighted by Crippen LogP contribution is -2.27. The first kappa shape index (κ1) is 12.9. The number of carbonyl (C=O) groups is 1. The third-order valence-electron chi connectivity index (χ3n) is 3.61. The molecule has 0 radical (unpaired) electrons. The second-order valence-corrected chi connectivity index (χ2v) is 6.07. The molecule has 0 fully saturated rings. The van der Waals surface area contributed by atoms with Crippen molar-refractivity contribution in [3.63, 3.8) is 0 Å². The van der Waals surface area contributed by atoms with E-state index in [-0.39, 0.29) is 11.2 Å². The van der Waals surface area contributed by atoms with E-state index >= 15 is 0 Å². The first-order chi connectivity index (χ1) is 9.55. The fourth-order valence-corrected chi connectivity index (χ4v) is 2.72. The fraction of sp³-hybridized carbons (Fsp3) is 0.375. The van der Waals surface area contributed by atoms with Gasteiger partial charge in [0.15, 0.2) is 5.78 Å². The van der Waals surface area contributed by atoms with Gasteiger partial charge in [-0.15, -0.1) is 0 Å². The highest BCUT2D eigenvalue weighted by Crippen LogP contribution is 2.35. The van der Waals surface area contributed by atoms with E-state index in [0.717, 1.165) is 23.4 Å². The highest BCUT2D eigenvalue weighted by atomic mass is 16.5. The van der Waals surface area contributed by atoms with Crippen LogP contribution in [-0.4, -0.2) is 16.0 Å². The van der Waals surface area contributed by atoms with E-state index in [2.05, 4.69) is 24.0 Å². The molecule has 4 heteroatoms. The molecule has 0 aliphatic heterocycles. The molecule has 2 aromatic rings. The lowest BCUT2D eigenvalue weighted by Gasteiger charge is -2.27. The summed E-state index contributed by atoms with van der Waals surface area (Å²) in [6, 6.07) is 9.56. The predicted molar refractivity (Wildman–Crippen MR) is 75.8 cm³/mol. The predicted octanol–water partition coefficient (Wildman–Crippen LogP) is 3.14. The summed E-state index contributed by atoms with van der Waals surface area (Å²) >= 11 is 0. The minimum atomic E-state index is 0.00811. The lowest BCUT2D eigenvalue weighted by atomic mass is 9.76. The number of benzene rings is 1. The van der Waals surface area contributed by atoms with Crippen LogP contribution in [0.15, 0.2) is 30.3 Å². The van der Waals surface area contributed by atoms with Crippen molar-refractivity contribution >= 4 is 5.78 Å². The van der Waals surface area contributed by atoms with Crippen LogP contribution in [0.25, 0.3) is 0 Å². The summed E-state index contributed by atoms with van der Waals surface area (Å²) in [6.45, 7) is 4.53. The van der Waals surface area contributed by atoms with Crippen LogP contribution in [-0.2, 0) is 13.0 Å². The molecule has 0 atom stereocenters. The molecule has 20 heavy (non-hydrogen) atoms. The van der Waals surface area contributed by atoms with Crippen molar-refractivity contribution in [2.24, 2.45) is 5.41 Å². The molecule has 0 unspecified atom stereocenters. The van der Waals surface area contributed by atoms with Gasteiger partial charge in [-0.05, 0) is 24.0 Å². The van der Waals surface area contributed by atoms with Gasteiger partial charge in [0.2, 0.25) is 0 Å². The Hall–Kier alpha value is -2.10. The molecule has 1 N–H and O–H groups in total. The monoisotopic (exact) mass is 270 g/mol. The van der Waals surface area contributed by atoms with E-state index in [4.69, 9.17) is 4.74 Å². The van der Waals surface area contributed by atoms with Gasteiger partial charge in [-0.25, -0.2) is 0 Å². The van der Waals surface area contributed by atoms with Crippen molar-refractivity contribution < 1.29 is 9.53 Å². The third kappa shape index (κ3) is 2.46. The zero-order valence-electron chi connectivity index (χ0n) is 11.8. The molecule has 1 aliphatic carbocycles. The van der Waals surface area contributed by atoms with E-state index in [1.807, 2.05) is 30.3 Å². The number of ether oxygens (including phenoxy) is 1. The Balaban J connectivity index is 1.80. The number of fused-ring (bicyclic) bond motifs is 1. The van der Waals surface area contributed by atoms with Crippen LogP contribution in [0.4, 0.5) is 0 Å². The number of Topliss-reactive ketones (excluding diaryl/α,β-unsaturated/α-hetero) is 1. The molecule has 1 aromatic carbocycles. The molecule has 0 saturated heterocycles. The Morgan fingerprint density at radius 1 is 1.25 bits per heavy atom. The molecule has 1 heterocycles. The van der Waals surface area contributed by atoms with Gasteiger partial charge in [0, 0.05) is 12.1 Å². The van der Waals surface area contributed by atoms with Crippen molar-refractivity contribution in [1.29, 1.82) is 0 Å². The van der Waals surface area contributed by atoms with Crippen LogP contribution in [0.2, 0.25) is 0 Å². The Morgan fingerprint density at radius 2 is 2.00 bits per heavy atom. The maximum Gasteiger partial charge on any atom is 0.167 e. The van der Waals surface area contributed by atoms with Crippen LogP contribution in [0.1, 0.15) is 42.0 Å². The van der Waals surface area contributed by atoms with Gasteiger partial charge in [0.25, 0.3) is 0 Å². The molecule has 1 aromatic heterocycles. The number of hydrogen-bond donors (Lipinski definition) is 1. The van der Waals surface area contributed by atoms with Gasteiger partial charge in [-0.2, -0.15) is 5.10 Å². The summed E-state index contributed by atoms with van der Waals surface area (Å²) in [5.74, 6) is 0.949. The van der Waals surface area contributed by atoms with Gasteiger partial charge in [0.1, 0.15) is 18.1 Å². The molecular weight excluding hydrogens is 252 g/mol. The molecule has 3 rings (SSSR count). The lowest BCUT2D eigenvalue weighted by molar-refractivity contribution is 0.0909. The third-order valence-corrected chi connectivity index (χ3v) is 3.61. The summed E-state index contributed by atoms with van der Waals surface area (Å²) in [5.41, 5.74) is 2.40. The number of hydrogen-bond acceptors (Lipinski definition) is 3. The van der Waals surface area contributed by atoms with Gasteiger partial charge in [0.05, 0.1) is 5.56 Å². The maximum absolute atomic E-state index is 12.3. The van der Waals surface area contributed by atoms with Crippen molar-refractivity contribution in [2.75, 3.05) is 0 Å². The minimum Gasteiger partial charge on any atom is -0.487 e. The van der Waals surface area contributed by atoms with Crippen LogP contribution >= 0.6 is 0 Å². The number of nitrogens with zero attached hydrogens (tertiary/aromatic N) is 1. The summed E-state index contributed by atoms with van der Waals surface area (Å²) in [5, 5.41) is 7.26. The number of H-pyrrole nitrogens is 1. The highest BCUT2D eigenvalue weighted by molar-refractivity contribution is 5.99. The quantitative estimate of drug-likeness (QED) is 0.932. The molecule has 0 amide bonds. The number of ketones is 1. The smallest absolute Gasteiger partial charge is 0.167 e. The second kappa shape index (κ2) is 4.78. The molecule has 0 saturated carbocycles. The van der Waals surface area contributed by atoms with E-state index in [1.54, 1.807) is 0 Å². The SMILES string of the molecule is CC1(C)CC(=O)c2c(COc3ccccc3)n[nH]c2C1. The van der Waals surface area contributed by atoms with Gasteiger partial charge in [-0.3, -0.25) is 9.89 Å². The van der Waals surface area contributed by atoms with Crippen molar-refractivity contribution in [1.82, 2.24) is 10.2 Å². The van der Waals surface area contributed by atoms with Gasteiger partial charge in [-0.1, -0.05) is 32.0 Å². The zero-order valence-corrected chi connectivity index (χ0v) is 11.8. The Morgan fingerprint density at radius 3 is 2.75 bits per heavy atom. The molecule has 0 bridgehead atoms. The summed E-state index contributed by atoms with van der Waals surface area (Å²) in [7, 11) is 0. The normalized spacial score (nSPS) is 16.8. The molecule has 1 aliphatic rings. The summed E-state index contributed by atoms with van der Waals surface area (Å²) in [6.07, 6.45) is 1.42. The fourth-order valence-electron chi connectivity index (χ4n) is 2.72. The number of carbonyl (C=O) groups excluding carboxylic acids is 1. The maximum atomic E-state index is 12.3. The second-order valence-electron chi connectivity index (χ2n) is 6.07. The average Bonchev–Trinajstić information content (AvgIpc) is 2.79. The first-order valence-corrected chi connectivity index (χ1v) is 6.82. The molecule has 0 spiro atoms. The van der Waals surface area contributed by atoms with E-state index in [9.17, 15) is 4.79 Å². The number of rotatable bonds is 3. The highest BCUT2D eigenvalue weighted by Gasteiger charge is 2.34. The standard InChI is InChI=1S/C16H18N2O2/c1-16(2)8-12-15(14(19)9-16)13(18-17-12)10-20-11-6-4-3-5-7-11/h3-7H,8-10H2,1-2H3,(H,17,18). The summed E-state index contributed by atoms with van der Waals surface area (Å²) in [4.78, 5) is 12.3. The first-order valence-electron chi connectivity index (χ1n) is 6.82. The Bertz CT molecular complexity index is 629. The number of aromatic nitrogens is 2. The molecular formula is C16H18N2O2. The largest absolute Gasteiger partial charge is 0.487 e. The van der Waals surface area contributed by atoms with Crippen molar-refractivity contribution in [3.05, 3.63) is 47.3 Å². The van der Waals surface area contributed by atoms with E-state index < -0.39 is 0 Å². The minimum absolute atomic E-state index is 0.00811. The van der Waals surface area contributed by atoms with E-state index in [0.29, 0.717) is 18.7 Å². The van der Waals surface area contributed by atoms with Crippen LogP contribution in [0.5, 0.6) is 5.75 Å². The average molecular weight is 270 g/mol. The topological polar surface area (TPSA) is 55.0 Å². The van der Waals surface area contributed by atoms with Crippen LogP contribution < -0.4 is 4.74 Å². The van der Waals surface area contributed by atoms with E-state index in [1.165, 1.54) is 0 Å². The molecule has 104 valence electrons. The Kier molecular flexibility index (Phi) is 3.08.